The Morgan fingerprint density at radius 3 is 2.66 bits per heavy atom. The van der Waals surface area contributed by atoms with Gasteiger partial charge >= 0.3 is 0 Å². The van der Waals surface area contributed by atoms with E-state index in [1.807, 2.05) is 62.4 Å². The number of H-pyrrole nitrogens is 1. The SMILES string of the molecule is Cc1cccc(C)c1OCc1n[nH]c(=S)n1/N=C/c1c(O)ccc2ccccc12. The highest BCUT2D eigenvalue weighted by Crippen LogP contribution is 2.26. The number of rotatable bonds is 5. The van der Waals surface area contributed by atoms with Gasteiger partial charge in [-0.3, -0.25) is 0 Å². The lowest BCUT2D eigenvalue weighted by Crippen LogP contribution is -2.05. The van der Waals surface area contributed by atoms with Crippen LogP contribution in [-0.4, -0.2) is 26.2 Å². The largest absolute Gasteiger partial charge is 0.507 e. The summed E-state index contributed by atoms with van der Waals surface area (Å²) in [5.41, 5.74) is 2.72. The van der Waals surface area contributed by atoms with E-state index in [2.05, 4.69) is 15.3 Å². The summed E-state index contributed by atoms with van der Waals surface area (Å²) in [5, 5.41) is 23.7. The fourth-order valence-electron chi connectivity index (χ4n) is 3.24. The number of aryl methyl sites for hydroxylation is 2. The minimum Gasteiger partial charge on any atom is -0.507 e. The van der Waals surface area contributed by atoms with Gasteiger partial charge in [0.25, 0.3) is 0 Å². The monoisotopic (exact) mass is 404 g/mol. The highest BCUT2D eigenvalue weighted by molar-refractivity contribution is 7.71. The second kappa shape index (κ2) is 7.89. The van der Waals surface area contributed by atoms with E-state index in [4.69, 9.17) is 17.0 Å². The van der Waals surface area contributed by atoms with Crippen molar-refractivity contribution in [1.82, 2.24) is 14.9 Å². The maximum absolute atomic E-state index is 10.3. The fourth-order valence-corrected chi connectivity index (χ4v) is 3.43. The van der Waals surface area contributed by atoms with E-state index in [1.54, 1.807) is 12.3 Å². The first-order valence-corrected chi connectivity index (χ1v) is 9.56. The number of phenols is 1. The summed E-state index contributed by atoms with van der Waals surface area (Å²) >= 11 is 5.31. The van der Waals surface area contributed by atoms with Crippen molar-refractivity contribution in [2.45, 2.75) is 20.5 Å². The number of para-hydroxylation sites is 1. The van der Waals surface area contributed by atoms with E-state index in [0.29, 0.717) is 16.2 Å². The number of aromatic amines is 1. The predicted octanol–water partition coefficient (Wildman–Crippen LogP) is 4.88. The van der Waals surface area contributed by atoms with E-state index in [1.165, 1.54) is 4.68 Å². The summed E-state index contributed by atoms with van der Waals surface area (Å²) in [4.78, 5) is 0. The first-order chi connectivity index (χ1) is 14.0. The number of hydrogen-bond acceptors (Lipinski definition) is 5. The van der Waals surface area contributed by atoms with Crippen LogP contribution in [0.4, 0.5) is 0 Å². The van der Waals surface area contributed by atoms with Crippen LogP contribution < -0.4 is 4.74 Å². The molecule has 0 radical (unpaired) electrons. The molecule has 4 rings (SSSR count). The normalized spacial score (nSPS) is 11.4. The molecule has 7 heteroatoms. The Hall–Kier alpha value is -3.45. The lowest BCUT2D eigenvalue weighted by atomic mass is 10.0. The molecule has 2 N–H and O–H groups in total. The highest BCUT2D eigenvalue weighted by atomic mass is 32.1. The minimum absolute atomic E-state index is 0.149. The number of phenolic OH excluding ortho intramolecular Hbond substituents is 1. The average Bonchev–Trinajstić information content (AvgIpc) is 3.06. The summed E-state index contributed by atoms with van der Waals surface area (Å²) in [7, 11) is 0. The van der Waals surface area contributed by atoms with Crippen LogP contribution in [0.3, 0.4) is 0 Å². The van der Waals surface area contributed by atoms with Crippen LogP contribution in [-0.2, 0) is 6.61 Å². The molecule has 0 aliphatic carbocycles. The quantitative estimate of drug-likeness (QED) is 0.367. The standard InChI is InChI=1S/C22H20N4O2S/c1-14-6-5-7-15(2)21(14)28-13-20-24-25-22(29)26(20)23-12-18-17-9-4-3-8-16(17)10-11-19(18)27/h3-12,27H,13H2,1-2H3,(H,25,29)/b23-12+. The summed E-state index contributed by atoms with van der Waals surface area (Å²) in [5.74, 6) is 1.51. The van der Waals surface area contributed by atoms with Crippen LogP contribution >= 0.6 is 12.2 Å². The molecule has 0 saturated carbocycles. The molecule has 0 atom stereocenters. The van der Waals surface area contributed by atoms with Crippen molar-refractivity contribution in [2.24, 2.45) is 5.10 Å². The molecule has 0 unspecified atom stereocenters. The zero-order valence-electron chi connectivity index (χ0n) is 16.1. The van der Waals surface area contributed by atoms with Gasteiger partial charge in [-0.15, -0.1) is 0 Å². The minimum atomic E-state index is 0.149. The molecule has 0 aliphatic heterocycles. The molecule has 1 heterocycles. The smallest absolute Gasteiger partial charge is 0.216 e. The van der Waals surface area contributed by atoms with Crippen molar-refractivity contribution in [3.05, 3.63) is 81.9 Å². The van der Waals surface area contributed by atoms with Crippen LogP contribution in [0, 0.1) is 18.6 Å². The maximum Gasteiger partial charge on any atom is 0.216 e. The van der Waals surface area contributed by atoms with E-state index in [-0.39, 0.29) is 12.4 Å². The predicted molar refractivity (Wildman–Crippen MR) is 116 cm³/mol. The van der Waals surface area contributed by atoms with Gasteiger partial charge in [0.05, 0.1) is 6.21 Å². The zero-order valence-corrected chi connectivity index (χ0v) is 16.9. The molecular weight excluding hydrogens is 384 g/mol. The number of aromatic hydroxyl groups is 1. The molecule has 3 aromatic carbocycles. The van der Waals surface area contributed by atoms with Gasteiger partial charge in [-0.05, 0) is 54.0 Å². The van der Waals surface area contributed by atoms with Gasteiger partial charge in [0.15, 0.2) is 5.82 Å². The fraction of sp³-hybridized carbons (Fsp3) is 0.136. The first kappa shape index (κ1) is 18.9. The zero-order chi connectivity index (χ0) is 20.4. The Morgan fingerprint density at radius 1 is 1.10 bits per heavy atom. The summed E-state index contributed by atoms with van der Waals surface area (Å²) < 4.78 is 7.83. The summed E-state index contributed by atoms with van der Waals surface area (Å²) in [6.45, 7) is 4.21. The topological polar surface area (TPSA) is 75.4 Å². The molecule has 0 aliphatic rings. The number of ether oxygens (including phenoxy) is 1. The second-order valence-electron chi connectivity index (χ2n) is 6.73. The lowest BCUT2D eigenvalue weighted by molar-refractivity contribution is 0.287. The van der Waals surface area contributed by atoms with Crippen LogP contribution in [0.5, 0.6) is 11.5 Å². The third-order valence-electron chi connectivity index (χ3n) is 4.72. The molecule has 0 amide bonds. The molecule has 0 spiro atoms. The third-order valence-corrected chi connectivity index (χ3v) is 4.99. The van der Waals surface area contributed by atoms with E-state index in [0.717, 1.165) is 27.6 Å². The van der Waals surface area contributed by atoms with Crippen LogP contribution in [0.2, 0.25) is 0 Å². The Labute approximate surface area is 173 Å². The van der Waals surface area contributed by atoms with Crippen molar-refractivity contribution in [2.75, 3.05) is 0 Å². The Bertz CT molecular complexity index is 1250. The van der Waals surface area contributed by atoms with Gasteiger partial charge in [-0.1, -0.05) is 48.5 Å². The van der Waals surface area contributed by atoms with Crippen LogP contribution in [0.15, 0.2) is 59.7 Å². The van der Waals surface area contributed by atoms with Gasteiger partial charge in [0, 0.05) is 5.56 Å². The molecular formula is C22H20N4O2S. The van der Waals surface area contributed by atoms with Crippen molar-refractivity contribution in [1.29, 1.82) is 0 Å². The number of hydrogen-bond donors (Lipinski definition) is 2. The van der Waals surface area contributed by atoms with Gasteiger partial charge in [0.2, 0.25) is 4.77 Å². The maximum atomic E-state index is 10.3. The third kappa shape index (κ3) is 3.77. The molecule has 29 heavy (non-hydrogen) atoms. The molecule has 1 aromatic heterocycles. The van der Waals surface area contributed by atoms with Gasteiger partial charge in [-0.2, -0.15) is 14.9 Å². The lowest BCUT2D eigenvalue weighted by Gasteiger charge is -2.11. The van der Waals surface area contributed by atoms with Crippen molar-refractivity contribution >= 4 is 29.2 Å². The number of aromatic nitrogens is 3. The van der Waals surface area contributed by atoms with Crippen LogP contribution in [0.1, 0.15) is 22.5 Å². The Balaban J connectivity index is 1.65. The second-order valence-corrected chi connectivity index (χ2v) is 7.12. The Kier molecular flexibility index (Phi) is 5.14. The number of fused-ring (bicyclic) bond motifs is 1. The Morgan fingerprint density at radius 2 is 1.86 bits per heavy atom. The van der Waals surface area contributed by atoms with Crippen molar-refractivity contribution in [3.8, 4) is 11.5 Å². The molecule has 0 fully saturated rings. The molecule has 0 bridgehead atoms. The van der Waals surface area contributed by atoms with Gasteiger partial charge < -0.3 is 9.84 Å². The first-order valence-electron chi connectivity index (χ1n) is 9.15. The summed E-state index contributed by atoms with van der Waals surface area (Å²) in [6.07, 6.45) is 1.59. The number of nitrogens with one attached hydrogen (secondary N) is 1. The molecule has 0 saturated heterocycles. The van der Waals surface area contributed by atoms with Gasteiger partial charge in [0.1, 0.15) is 18.1 Å². The average molecular weight is 404 g/mol. The molecule has 4 aromatic rings. The van der Waals surface area contributed by atoms with E-state index in [9.17, 15) is 5.11 Å². The molecule has 6 nitrogen and oxygen atoms in total. The highest BCUT2D eigenvalue weighted by Gasteiger charge is 2.10. The van der Waals surface area contributed by atoms with Crippen molar-refractivity contribution < 1.29 is 9.84 Å². The number of benzene rings is 3. The number of nitrogens with zero attached hydrogens (tertiary/aromatic N) is 3. The van der Waals surface area contributed by atoms with E-state index < -0.39 is 0 Å². The van der Waals surface area contributed by atoms with Gasteiger partial charge in [-0.25, -0.2) is 5.10 Å². The van der Waals surface area contributed by atoms with Crippen molar-refractivity contribution in [3.63, 3.8) is 0 Å². The molecule has 146 valence electrons. The summed E-state index contributed by atoms with van der Waals surface area (Å²) in [6, 6.07) is 17.3. The van der Waals surface area contributed by atoms with Crippen LogP contribution in [0.25, 0.3) is 10.8 Å². The van der Waals surface area contributed by atoms with E-state index >= 15 is 0 Å².